The third kappa shape index (κ3) is 4.58. The predicted octanol–water partition coefficient (Wildman–Crippen LogP) is 3.67. The molecule has 1 saturated carbocycles. The van der Waals surface area contributed by atoms with Crippen molar-refractivity contribution in [2.75, 3.05) is 11.9 Å². The molecule has 8 nitrogen and oxygen atoms in total. The highest BCUT2D eigenvalue weighted by molar-refractivity contribution is 5.91. The smallest absolute Gasteiger partial charge is 0.252 e. The van der Waals surface area contributed by atoms with Crippen molar-refractivity contribution in [3.05, 3.63) is 41.6 Å². The molecule has 8 heteroatoms. The predicted molar refractivity (Wildman–Crippen MR) is 114 cm³/mol. The van der Waals surface area contributed by atoms with Crippen molar-refractivity contribution < 1.29 is 9.53 Å². The summed E-state index contributed by atoms with van der Waals surface area (Å²) >= 11 is 0. The number of nitrogens with zero attached hydrogens (tertiary/aromatic N) is 5. The van der Waals surface area contributed by atoms with E-state index in [0.29, 0.717) is 42.7 Å². The summed E-state index contributed by atoms with van der Waals surface area (Å²) in [7, 11) is 0. The molecule has 158 valence electrons. The van der Waals surface area contributed by atoms with Crippen LogP contribution in [0.1, 0.15) is 55.5 Å². The minimum Gasteiger partial charge on any atom is -0.489 e. The average molecular weight is 409 g/mol. The number of hydrogen-bond acceptors (Lipinski definition) is 6. The summed E-state index contributed by atoms with van der Waals surface area (Å²) in [6, 6.07) is 3.69. The van der Waals surface area contributed by atoms with E-state index < -0.39 is 0 Å². The number of aromatic nitrogens is 5. The molecule has 0 saturated heterocycles. The van der Waals surface area contributed by atoms with E-state index in [4.69, 9.17) is 4.74 Å². The van der Waals surface area contributed by atoms with E-state index >= 15 is 0 Å². The van der Waals surface area contributed by atoms with E-state index in [2.05, 4.69) is 25.4 Å². The molecular weight excluding hydrogens is 380 g/mol. The van der Waals surface area contributed by atoms with Gasteiger partial charge in [-0.3, -0.25) is 4.79 Å². The van der Waals surface area contributed by atoms with Crippen LogP contribution in [-0.2, 0) is 11.2 Å². The second kappa shape index (κ2) is 9.19. The van der Waals surface area contributed by atoms with Crippen molar-refractivity contribution in [3.8, 4) is 5.75 Å². The number of pyridine rings is 1. The fraction of sp³-hybridized carbons (Fsp3) is 0.500. The largest absolute Gasteiger partial charge is 0.489 e. The van der Waals surface area contributed by atoms with Gasteiger partial charge in [-0.15, -0.1) is 0 Å². The van der Waals surface area contributed by atoms with Crippen LogP contribution in [0, 0.1) is 19.8 Å². The SMILES string of the molecule is Cc1nc2ncnn2c(C)c1CCC(=O)Nc1ncccc1OCC1CCCCC1. The van der Waals surface area contributed by atoms with Gasteiger partial charge < -0.3 is 10.1 Å². The molecule has 1 aliphatic rings. The Morgan fingerprint density at radius 3 is 2.90 bits per heavy atom. The molecule has 0 bridgehead atoms. The minimum absolute atomic E-state index is 0.103. The van der Waals surface area contributed by atoms with Crippen molar-refractivity contribution in [3.63, 3.8) is 0 Å². The van der Waals surface area contributed by atoms with Crippen molar-refractivity contribution in [2.24, 2.45) is 5.92 Å². The summed E-state index contributed by atoms with van der Waals surface area (Å²) in [5.74, 6) is 2.18. The lowest BCUT2D eigenvalue weighted by Gasteiger charge is -2.22. The van der Waals surface area contributed by atoms with Crippen LogP contribution in [0.2, 0.25) is 0 Å². The van der Waals surface area contributed by atoms with Crippen LogP contribution in [0.25, 0.3) is 5.78 Å². The molecule has 0 radical (unpaired) electrons. The maximum atomic E-state index is 12.6. The first-order valence-electron chi connectivity index (χ1n) is 10.7. The molecule has 1 aliphatic carbocycles. The van der Waals surface area contributed by atoms with E-state index in [1.807, 2.05) is 26.0 Å². The Balaban J connectivity index is 1.37. The van der Waals surface area contributed by atoms with Gasteiger partial charge in [0.15, 0.2) is 11.6 Å². The molecule has 3 aromatic heterocycles. The number of fused-ring (bicyclic) bond motifs is 1. The molecular formula is C22H28N6O2. The lowest BCUT2D eigenvalue weighted by atomic mass is 9.90. The molecule has 30 heavy (non-hydrogen) atoms. The number of ether oxygens (including phenoxy) is 1. The number of carbonyl (C=O) groups excluding carboxylic acids is 1. The van der Waals surface area contributed by atoms with Gasteiger partial charge in [0, 0.05) is 24.0 Å². The van der Waals surface area contributed by atoms with Crippen LogP contribution >= 0.6 is 0 Å². The van der Waals surface area contributed by atoms with Gasteiger partial charge in [0.2, 0.25) is 5.91 Å². The normalized spacial score (nSPS) is 14.7. The average Bonchev–Trinajstić information content (AvgIpc) is 3.22. The Bertz CT molecular complexity index is 1030. The van der Waals surface area contributed by atoms with Gasteiger partial charge in [0.25, 0.3) is 5.78 Å². The third-order valence-corrected chi connectivity index (χ3v) is 5.82. The lowest BCUT2D eigenvalue weighted by molar-refractivity contribution is -0.116. The zero-order valence-corrected chi connectivity index (χ0v) is 17.6. The second-order valence-electron chi connectivity index (χ2n) is 7.95. The van der Waals surface area contributed by atoms with E-state index in [9.17, 15) is 4.79 Å². The molecule has 0 aliphatic heterocycles. The molecule has 3 heterocycles. The van der Waals surface area contributed by atoms with Crippen LogP contribution in [-0.4, -0.2) is 37.1 Å². The summed E-state index contributed by atoms with van der Waals surface area (Å²) in [4.78, 5) is 25.5. The maximum absolute atomic E-state index is 12.6. The number of anilines is 1. The summed E-state index contributed by atoms with van der Waals surface area (Å²) in [6.07, 6.45) is 10.3. The van der Waals surface area contributed by atoms with Gasteiger partial charge in [-0.05, 0) is 56.7 Å². The molecule has 3 aromatic rings. The standard InChI is InChI=1S/C22H28N6O2/c1-15-18(16(2)28-22(26-15)24-14-25-28)10-11-20(29)27-21-19(9-6-12-23-21)30-13-17-7-4-3-5-8-17/h6,9,12,14,17H,3-5,7-8,10-11,13H2,1-2H3,(H,23,27,29). The van der Waals surface area contributed by atoms with Gasteiger partial charge in [-0.1, -0.05) is 19.3 Å². The van der Waals surface area contributed by atoms with Crippen molar-refractivity contribution in [1.29, 1.82) is 0 Å². The number of aryl methyl sites for hydroxylation is 2. The van der Waals surface area contributed by atoms with Crippen LogP contribution in [0.4, 0.5) is 5.82 Å². The highest BCUT2D eigenvalue weighted by atomic mass is 16.5. The quantitative estimate of drug-likeness (QED) is 0.641. The number of nitrogens with one attached hydrogen (secondary N) is 1. The molecule has 1 fully saturated rings. The van der Waals surface area contributed by atoms with Gasteiger partial charge in [0.1, 0.15) is 6.33 Å². The van der Waals surface area contributed by atoms with Crippen LogP contribution in [0.3, 0.4) is 0 Å². The van der Waals surface area contributed by atoms with Crippen molar-refractivity contribution in [1.82, 2.24) is 24.6 Å². The first-order valence-corrected chi connectivity index (χ1v) is 10.7. The Kier molecular flexibility index (Phi) is 6.21. The molecule has 0 aromatic carbocycles. The van der Waals surface area contributed by atoms with E-state index in [1.165, 1.54) is 38.4 Å². The van der Waals surface area contributed by atoms with Crippen LogP contribution in [0.15, 0.2) is 24.7 Å². The zero-order chi connectivity index (χ0) is 20.9. The summed E-state index contributed by atoms with van der Waals surface area (Å²) in [5.41, 5.74) is 2.84. The summed E-state index contributed by atoms with van der Waals surface area (Å²) in [6.45, 7) is 4.58. The number of carbonyl (C=O) groups is 1. The van der Waals surface area contributed by atoms with Gasteiger partial charge in [-0.25, -0.2) is 14.5 Å². The Morgan fingerprint density at radius 1 is 1.23 bits per heavy atom. The minimum atomic E-state index is -0.103. The Labute approximate surface area is 176 Å². The highest BCUT2D eigenvalue weighted by Gasteiger charge is 2.17. The second-order valence-corrected chi connectivity index (χ2v) is 7.95. The fourth-order valence-corrected chi connectivity index (χ4v) is 4.11. The number of rotatable bonds is 7. The Hall–Kier alpha value is -3.03. The van der Waals surface area contributed by atoms with E-state index in [1.54, 1.807) is 10.7 Å². The topological polar surface area (TPSA) is 94.3 Å². The molecule has 0 atom stereocenters. The van der Waals surface area contributed by atoms with Gasteiger partial charge in [-0.2, -0.15) is 10.1 Å². The first-order chi connectivity index (χ1) is 14.6. The summed E-state index contributed by atoms with van der Waals surface area (Å²) < 4.78 is 7.72. The third-order valence-electron chi connectivity index (χ3n) is 5.82. The number of amides is 1. The Morgan fingerprint density at radius 2 is 2.07 bits per heavy atom. The van der Waals surface area contributed by atoms with E-state index in [0.717, 1.165) is 17.0 Å². The van der Waals surface area contributed by atoms with E-state index in [-0.39, 0.29) is 5.91 Å². The van der Waals surface area contributed by atoms with Crippen LogP contribution < -0.4 is 10.1 Å². The molecule has 1 N–H and O–H groups in total. The van der Waals surface area contributed by atoms with Gasteiger partial charge in [0.05, 0.1) is 6.61 Å². The summed E-state index contributed by atoms with van der Waals surface area (Å²) in [5, 5.41) is 7.11. The molecule has 4 rings (SSSR count). The highest BCUT2D eigenvalue weighted by Crippen LogP contribution is 2.27. The van der Waals surface area contributed by atoms with Crippen molar-refractivity contribution in [2.45, 2.75) is 58.8 Å². The monoisotopic (exact) mass is 408 g/mol. The maximum Gasteiger partial charge on any atom is 0.252 e. The van der Waals surface area contributed by atoms with Gasteiger partial charge >= 0.3 is 0 Å². The first kappa shape index (κ1) is 20.3. The molecule has 0 spiro atoms. The fourth-order valence-electron chi connectivity index (χ4n) is 4.11. The molecule has 0 unspecified atom stereocenters. The molecule has 1 amide bonds. The van der Waals surface area contributed by atoms with Crippen molar-refractivity contribution >= 4 is 17.5 Å². The number of hydrogen-bond donors (Lipinski definition) is 1. The lowest BCUT2D eigenvalue weighted by Crippen LogP contribution is -2.18. The van der Waals surface area contributed by atoms with Crippen LogP contribution in [0.5, 0.6) is 5.75 Å². The zero-order valence-electron chi connectivity index (χ0n) is 17.6.